The van der Waals surface area contributed by atoms with Crippen LogP contribution in [-0.2, 0) is 0 Å². The van der Waals surface area contributed by atoms with Crippen molar-refractivity contribution in [3.05, 3.63) is 40.0 Å². The Hall–Kier alpha value is -0.670. The molecule has 0 aliphatic rings. The van der Waals surface area contributed by atoms with Gasteiger partial charge in [-0.3, -0.25) is 0 Å². The van der Waals surface area contributed by atoms with Crippen LogP contribution in [0.25, 0.3) is 5.70 Å². The van der Waals surface area contributed by atoms with Crippen LogP contribution in [0.2, 0.25) is 5.02 Å². The van der Waals surface area contributed by atoms with Gasteiger partial charge < -0.3 is 5.73 Å². The van der Waals surface area contributed by atoms with Crippen molar-refractivity contribution < 1.29 is 4.39 Å². The van der Waals surface area contributed by atoms with E-state index in [0.29, 0.717) is 5.02 Å². The van der Waals surface area contributed by atoms with Crippen molar-refractivity contribution >= 4 is 29.9 Å². The molecule has 0 aromatic heterocycles. The Labute approximate surface area is 80.4 Å². The second-order valence-electron chi connectivity index (χ2n) is 2.21. The van der Waals surface area contributed by atoms with E-state index in [9.17, 15) is 4.39 Å². The fourth-order valence-electron chi connectivity index (χ4n) is 0.788. The van der Waals surface area contributed by atoms with Gasteiger partial charge in [-0.1, -0.05) is 11.6 Å². The van der Waals surface area contributed by atoms with E-state index in [2.05, 4.69) is 12.6 Å². The summed E-state index contributed by atoms with van der Waals surface area (Å²) in [5.41, 5.74) is 5.99. The Morgan fingerprint density at radius 1 is 1.58 bits per heavy atom. The highest BCUT2D eigenvalue weighted by molar-refractivity contribution is 7.83. The average molecular weight is 204 g/mol. The largest absolute Gasteiger partial charge is 0.398 e. The van der Waals surface area contributed by atoms with Crippen LogP contribution in [-0.4, -0.2) is 0 Å². The Morgan fingerprint density at radius 2 is 2.25 bits per heavy atom. The summed E-state index contributed by atoms with van der Waals surface area (Å²) in [4.78, 5) is 0. The van der Waals surface area contributed by atoms with Gasteiger partial charge in [0.25, 0.3) is 0 Å². The molecule has 0 aliphatic heterocycles. The van der Waals surface area contributed by atoms with E-state index in [4.69, 9.17) is 17.3 Å². The Bertz CT molecular complexity index is 325. The van der Waals surface area contributed by atoms with Crippen molar-refractivity contribution in [2.45, 2.75) is 0 Å². The number of hydrogen-bond donors (Lipinski definition) is 2. The summed E-state index contributed by atoms with van der Waals surface area (Å²) >= 11 is 9.46. The molecule has 2 N–H and O–H groups in total. The third-order valence-electron chi connectivity index (χ3n) is 1.38. The van der Waals surface area contributed by atoms with E-state index in [1.54, 1.807) is 0 Å². The third kappa shape index (κ3) is 1.93. The van der Waals surface area contributed by atoms with Gasteiger partial charge in [0.2, 0.25) is 0 Å². The van der Waals surface area contributed by atoms with E-state index in [1.807, 2.05) is 0 Å². The molecule has 1 aromatic rings. The molecule has 64 valence electrons. The molecule has 1 aromatic carbocycles. The van der Waals surface area contributed by atoms with Gasteiger partial charge in [0.1, 0.15) is 5.82 Å². The Kier molecular flexibility index (Phi) is 3.00. The van der Waals surface area contributed by atoms with Gasteiger partial charge in [-0.15, -0.1) is 12.6 Å². The lowest BCUT2D eigenvalue weighted by atomic mass is 10.2. The highest BCUT2D eigenvalue weighted by Gasteiger charge is 2.04. The lowest BCUT2D eigenvalue weighted by molar-refractivity contribution is 0.624. The summed E-state index contributed by atoms with van der Waals surface area (Å²) in [6.45, 7) is 0. The summed E-state index contributed by atoms with van der Waals surface area (Å²) in [5, 5.41) is 1.78. The number of nitrogens with two attached hydrogens (primary N) is 1. The molecule has 0 unspecified atom stereocenters. The first kappa shape index (κ1) is 9.42. The molecule has 0 spiro atoms. The van der Waals surface area contributed by atoms with Gasteiger partial charge in [0.15, 0.2) is 0 Å². The number of benzene rings is 1. The molecule has 0 saturated carbocycles. The first-order chi connectivity index (χ1) is 5.65. The van der Waals surface area contributed by atoms with E-state index in [0.717, 1.165) is 0 Å². The minimum absolute atomic E-state index is 0.262. The quantitative estimate of drug-likeness (QED) is 0.675. The van der Waals surface area contributed by atoms with E-state index >= 15 is 0 Å². The molecule has 0 heterocycles. The number of thiol groups is 1. The van der Waals surface area contributed by atoms with Gasteiger partial charge in [-0.25, -0.2) is 4.39 Å². The second-order valence-corrected chi connectivity index (χ2v) is 2.90. The van der Waals surface area contributed by atoms with Crippen LogP contribution in [0.4, 0.5) is 4.39 Å². The summed E-state index contributed by atoms with van der Waals surface area (Å²) < 4.78 is 13.0. The molecule has 0 fully saturated rings. The van der Waals surface area contributed by atoms with Crippen LogP contribution >= 0.6 is 24.2 Å². The monoisotopic (exact) mass is 203 g/mol. The molecule has 1 nitrogen and oxygen atoms in total. The summed E-state index contributed by atoms with van der Waals surface area (Å²) in [5.74, 6) is -0.401. The molecule has 0 radical (unpaired) electrons. The Balaban J connectivity index is 3.23. The maximum absolute atomic E-state index is 13.0. The SMILES string of the molecule is N/C(=C\S)c1cc(Cl)ccc1F. The van der Waals surface area contributed by atoms with Crippen molar-refractivity contribution in [2.75, 3.05) is 0 Å². The van der Waals surface area contributed by atoms with Gasteiger partial charge in [0.05, 0.1) is 0 Å². The predicted octanol–water partition coefficient (Wildman–Crippen LogP) is 2.67. The van der Waals surface area contributed by atoms with Crippen LogP contribution in [0.15, 0.2) is 23.6 Å². The van der Waals surface area contributed by atoms with Crippen LogP contribution < -0.4 is 5.73 Å². The summed E-state index contributed by atoms with van der Waals surface area (Å²) in [7, 11) is 0. The lowest BCUT2D eigenvalue weighted by Crippen LogP contribution is -1.98. The molecule has 0 amide bonds. The average Bonchev–Trinajstić information content (AvgIpc) is 2.08. The smallest absolute Gasteiger partial charge is 0.132 e. The summed E-state index contributed by atoms with van der Waals surface area (Å²) in [6.07, 6.45) is 0. The van der Waals surface area contributed by atoms with Crippen molar-refractivity contribution in [3.63, 3.8) is 0 Å². The lowest BCUT2D eigenvalue weighted by Gasteiger charge is -2.02. The van der Waals surface area contributed by atoms with Crippen molar-refractivity contribution in [2.24, 2.45) is 5.73 Å². The fraction of sp³-hybridized carbons (Fsp3) is 0. The zero-order valence-corrected chi connectivity index (χ0v) is 7.74. The first-order valence-corrected chi connectivity index (χ1v) is 4.10. The zero-order valence-electron chi connectivity index (χ0n) is 6.09. The first-order valence-electron chi connectivity index (χ1n) is 3.20. The molecule has 0 bridgehead atoms. The predicted molar refractivity (Wildman–Crippen MR) is 52.6 cm³/mol. The van der Waals surface area contributed by atoms with Crippen LogP contribution in [0.3, 0.4) is 0 Å². The molecular weight excluding hydrogens is 197 g/mol. The molecule has 0 atom stereocenters. The topological polar surface area (TPSA) is 26.0 Å². The maximum atomic E-state index is 13.0. The molecule has 12 heavy (non-hydrogen) atoms. The molecule has 0 aliphatic carbocycles. The minimum Gasteiger partial charge on any atom is -0.398 e. The number of hydrogen-bond acceptors (Lipinski definition) is 2. The molecule has 0 saturated heterocycles. The molecule has 4 heteroatoms. The molecular formula is C8H7ClFNS. The van der Waals surface area contributed by atoms with Crippen LogP contribution in [0, 0.1) is 5.82 Å². The number of halogens is 2. The van der Waals surface area contributed by atoms with Crippen molar-refractivity contribution in [3.8, 4) is 0 Å². The van der Waals surface area contributed by atoms with Crippen LogP contribution in [0.1, 0.15) is 5.56 Å². The maximum Gasteiger partial charge on any atom is 0.132 e. The minimum atomic E-state index is -0.401. The standard InChI is InChI=1S/C8H7ClFNS/c9-5-1-2-7(10)6(3-5)8(11)4-12/h1-4,12H,11H2/b8-4-. The van der Waals surface area contributed by atoms with Gasteiger partial charge in [0, 0.05) is 16.3 Å². The van der Waals surface area contributed by atoms with Crippen molar-refractivity contribution in [1.82, 2.24) is 0 Å². The summed E-state index contributed by atoms with van der Waals surface area (Å²) in [6, 6.07) is 4.19. The second kappa shape index (κ2) is 3.83. The van der Waals surface area contributed by atoms with E-state index in [1.165, 1.54) is 23.6 Å². The highest BCUT2D eigenvalue weighted by Crippen LogP contribution is 2.19. The fourth-order valence-corrected chi connectivity index (χ4v) is 1.10. The third-order valence-corrected chi connectivity index (χ3v) is 1.89. The van der Waals surface area contributed by atoms with Crippen LogP contribution in [0.5, 0.6) is 0 Å². The Morgan fingerprint density at radius 3 is 2.83 bits per heavy atom. The number of rotatable bonds is 1. The molecule has 1 rings (SSSR count). The normalized spacial score (nSPS) is 11.8. The van der Waals surface area contributed by atoms with E-state index in [-0.39, 0.29) is 11.3 Å². The van der Waals surface area contributed by atoms with E-state index < -0.39 is 5.82 Å². The van der Waals surface area contributed by atoms with Gasteiger partial charge >= 0.3 is 0 Å². The van der Waals surface area contributed by atoms with Gasteiger partial charge in [-0.2, -0.15) is 0 Å². The zero-order chi connectivity index (χ0) is 9.14. The van der Waals surface area contributed by atoms with Crippen molar-refractivity contribution in [1.29, 1.82) is 0 Å². The highest BCUT2D eigenvalue weighted by atomic mass is 35.5. The van der Waals surface area contributed by atoms with Gasteiger partial charge in [-0.05, 0) is 23.6 Å².